The predicted octanol–water partition coefficient (Wildman–Crippen LogP) is 9.24. The van der Waals surface area contributed by atoms with Crippen LogP contribution < -0.4 is 0 Å². The second-order valence-corrected chi connectivity index (χ2v) is 10.4. The number of hydrogen-bond acceptors (Lipinski definition) is 3. The van der Waals surface area contributed by atoms with Gasteiger partial charge in [-0.15, -0.1) is 0 Å². The molecule has 0 bridgehead atoms. The van der Waals surface area contributed by atoms with Gasteiger partial charge < -0.3 is 0 Å². The summed E-state index contributed by atoms with van der Waals surface area (Å²) < 4.78 is 26.8. The highest BCUT2D eigenvalue weighted by atomic mass is 31.1. The fraction of sp³-hybridized carbons (Fsp3) is 0.294. The summed E-state index contributed by atoms with van der Waals surface area (Å²) in [6, 6.07) is 33.1. The van der Waals surface area contributed by atoms with Gasteiger partial charge >= 0.3 is 8.25 Å². The van der Waals surface area contributed by atoms with E-state index in [0.717, 1.165) is 47.9 Å². The quantitative estimate of drug-likeness (QED) is 0.173. The first kappa shape index (κ1) is 28.0. The van der Waals surface area contributed by atoms with E-state index in [9.17, 15) is 4.57 Å². The van der Waals surface area contributed by atoms with Gasteiger partial charge in [-0.05, 0) is 70.2 Å². The van der Waals surface area contributed by atoms with E-state index < -0.39 is 20.5 Å². The van der Waals surface area contributed by atoms with Gasteiger partial charge in [0.05, 0.1) is 0 Å². The van der Waals surface area contributed by atoms with Gasteiger partial charge in [0.25, 0.3) is 0 Å². The van der Waals surface area contributed by atoms with E-state index in [4.69, 9.17) is 9.05 Å². The van der Waals surface area contributed by atoms with Crippen LogP contribution in [0.25, 0.3) is 0 Å². The molecular weight excluding hydrogens is 487 g/mol. The Bertz CT molecular complexity index is 1170. The maximum absolute atomic E-state index is 13.9. The second kappa shape index (κ2) is 13.7. The summed E-state index contributed by atoms with van der Waals surface area (Å²) in [5.74, 6) is 0. The molecule has 0 radical (unpaired) electrons. The van der Waals surface area contributed by atoms with Crippen LogP contribution in [0.15, 0.2) is 97.1 Å². The Morgan fingerprint density at radius 1 is 0.474 bits per heavy atom. The van der Waals surface area contributed by atoms with E-state index in [-0.39, 0.29) is 0 Å². The average Bonchev–Trinajstić information content (AvgIpc) is 2.98. The minimum atomic E-state index is -2.92. The van der Waals surface area contributed by atoms with Gasteiger partial charge in [0, 0.05) is 0 Å². The van der Waals surface area contributed by atoms with Gasteiger partial charge in [-0.1, -0.05) is 125 Å². The summed E-state index contributed by atoms with van der Waals surface area (Å²) in [5.41, 5.74) is 8.89. The molecule has 4 aromatic carbocycles. The molecule has 0 saturated carbocycles. The molecule has 0 atom stereocenters. The van der Waals surface area contributed by atoms with E-state index in [2.05, 4.69) is 76.2 Å². The predicted molar refractivity (Wildman–Crippen MR) is 158 cm³/mol. The van der Waals surface area contributed by atoms with Crippen molar-refractivity contribution in [1.82, 2.24) is 0 Å². The zero-order chi connectivity index (χ0) is 26.9. The molecule has 0 fully saturated rings. The minimum Gasteiger partial charge on any atom is -0.298 e. The van der Waals surface area contributed by atoms with Crippen LogP contribution in [0.4, 0.5) is 0 Å². The van der Waals surface area contributed by atoms with Crippen LogP contribution >= 0.6 is 8.25 Å². The minimum absolute atomic E-state index is 0.475. The largest absolute Gasteiger partial charge is 0.320 e. The third-order valence-corrected chi connectivity index (χ3v) is 8.16. The Morgan fingerprint density at radius 3 is 0.947 bits per heavy atom. The Labute approximate surface area is 228 Å². The van der Waals surface area contributed by atoms with E-state index in [0.29, 0.717) is 0 Å². The lowest BCUT2D eigenvalue weighted by Gasteiger charge is -2.26. The average molecular weight is 527 g/mol. The van der Waals surface area contributed by atoms with Crippen LogP contribution in [-0.2, 0) is 39.3 Å². The van der Waals surface area contributed by atoms with Crippen molar-refractivity contribution in [1.29, 1.82) is 0 Å². The van der Waals surface area contributed by atoms with Gasteiger partial charge in [0.15, 0.2) is 0 Å². The van der Waals surface area contributed by atoms with Gasteiger partial charge in [0.1, 0.15) is 12.2 Å². The molecule has 4 aromatic rings. The normalized spacial score (nSPS) is 11.6. The lowest BCUT2D eigenvalue weighted by Crippen LogP contribution is -2.11. The van der Waals surface area contributed by atoms with Gasteiger partial charge in [-0.3, -0.25) is 13.6 Å². The van der Waals surface area contributed by atoms with Crippen molar-refractivity contribution in [3.05, 3.63) is 142 Å². The molecule has 0 spiro atoms. The summed E-state index contributed by atoms with van der Waals surface area (Å²) in [6.07, 6.45) is 2.50. The van der Waals surface area contributed by atoms with Crippen LogP contribution in [0.2, 0.25) is 0 Å². The monoisotopic (exact) mass is 526 g/mol. The highest BCUT2D eigenvalue weighted by Crippen LogP contribution is 2.45. The zero-order valence-corrected chi connectivity index (χ0v) is 23.9. The molecule has 4 rings (SSSR count). The first-order valence-corrected chi connectivity index (χ1v) is 15.0. The summed E-state index contributed by atoms with van der Waals surface area (Å²) >= 11 is 0. The van der Waals surface area contributed by atoms with E-state index in [1.165, 1.54) is 22.3 Å². The Balaban J connectivity index is 1.76. The van der Waals surface area contributed by atoms with Crippen LogP contribution in [-0.4, -0.2) is 0 Å². The molecule has 0 aliphatic heterocycles. The van der Waals surface area contributed by atoms with Crippen LogP contribution in [0.3, 0.4) is 0 Å². The third kappa shape index (κ3) is 6.35. The third-order valence-electron chi connectivity index (χ3n) is 7.30. The van der Waals surface area contributed by atoms with E-state index in [1.54, 1.807) is 0 Å². The molecule has 0 unspecified atom stereocenters. The first-order valence-electron chi connectivity index (χ1n) is 13.8. The molecule has 0 saturated heterocycles. The zero-order valence-electron chi connectivity index (χ0n) is 22.9. The highest BCUT2D eigenvalue weighted by Gasteiger charge is 2.27. The fourth-order valence-corrected chi connectivity index (χ4v) is 6.21. The first-order chi connectivity index (χ1) is 18.6. The maximum Gasteiger partial charge on any atom is 0.320 e. The molecule has 38 heavy (non-hydrogen) atoms. The Hall–Kier alpha value is -2.97. The standard InChI is InChI=1S/C34H39O3P/c1-5-25-17-9-13-21-29(25)33(30-22-14-10-18-26(30)6-2)36-38(35)37-34(31-23-15-11-19-27(31)7-3)32-24-16-12-20-28(32)8-4/h9-24,33-34,38H,5-8H2,1-4H3. The highest BCUT2D eigenvalue weighted by molar-refractivity contribution is 7.33. The Kier molecular flexibility index (Phi) is 10.1. The second-order valence-electron chi connectivity index (χ2n) is 9.46. The molecule has 0 N–H and O–H groups in total. The summed E-state index contributed by atoms with van der Waals surface area (Å²) in [6.45, 7) is 8.56. The van der Waals surface area contributed by atoms with Crippen LogP contribution in [0.5, 0.6) is 0 Å². The van der Waals surface area contributed by atoms with Crippen molar-refractivity contribution in [3.63, 3.8) is 0 Å². The van der Waals surface area contributed by atoms with Crippen LogP contribution in [0, 0.1) is 0 Å². The Morgan fingerprint density at radius 2 is 0.711 bits per heavy atom. The van der Waals surface area contributed by atoms with Crippen LogP contribution in [0.1, 0.15) is 84.4 Å². The van der Waals surface area contributed by atoms with Gasteiger partial charge in [-0.2, -0.15) is 0 Å². The fourth-order valence-electron chi connectivity index (χ4n) is 5.26. The topological polar surface area (TPSA) is 35.5 Å². The number of hydrogen-bond donors (Lipinski definition) is 0. The molecular formula is C34H39O3P. The van der Waals surface area contributed by atoms with Crippen molar-refractivity contribution < 1.29 is 13.6 Å². The smallest absolute Gasteiger partial charge is 0.298 e. The van der Waals surface area contributed by atoms with E-state index >= 15 is 0 Å². The van der Waals surface area contributed by atoms with Crippen molar-refractivity contribution in [2.24, 2.45) is 0 Å². The van der Waals surface area contributed by atoms with Crippen molar-refractivity contribution in [2.45, 2.75) is 65.6 Å². The molecule has 0 amide bonds. The van der Waals surface area contributed by atoms with Gasteiger partial charge in [0.2, 0.25) is 0 Å². The molecule has 0 aromatic heterocycles. The molecule has 0 aliphatic carbocycles. The van der Waals surface area contributed by atoms with Crippen molar-refractivity contribution in [3.8, 4) is 0 Å². The lowest BCUT2D eigenvalue weighted by atomic mass is 9.92. The summed E-state index contributed by atoms with van der Waals surface area (Å²) in [7, 11) is -2.92. The lowest BCUT2D eigenvalue weighted by molar-refractivity contribution is 0.162. The molecule has 4 heteroatoms. The molecule has 3 nitrogen and oxygen atoms in total. The summed E-state index contributed by atoms with van der Waals surface area (Å²) in [5, 5.41) is 0. The SMILES string of the molecule is CCc1ccccc1C(O[PH](=O)OC(c1ccccc1CC)c1ccccc1CC)c1ccccc1CC. The molecule has 0 heterocycles. The molecule has 0 aliphatic rings. The number of benzene rings is 4. The van der Waals surface area contributed by atoms with Gasteiger partial charge in [-0.25, -0.2) is 0 Å². The number of aryl methyl sites for hydroxylation is 4. The molecule has 198 valence electrons. The van der Waals surface area contributed by atoms with E-state index in [1.807, 2.05) is 48.5 Å². The maximum atomic E-state index is 13.9. The van der Waals surface area contributed by atoms with Crippen molar-refractivity contribution in [2.75, 3.05) is 0 Å². The number of rotatable bonds is 12. The summed E-state index contributed by atoms with van der Waals surface area (Å²) in [4.78, 5) is 0. The van der Waals surface area contributed by atoms with Crippen molar-refractivity contribution >= 4 is 8.25 Å².